The number of nitrogens with one attached hydrogen (secondary N) is 1. The summed E-state index contributed by atoms with van der Waals surface area (Å²) in [6.45, 7) is 0. The number of hydrogen-bond acceptors (Lipinski definition) is 4. The first-order valence-electron chi connectivity index (χ1n) is 8.07. The predicted octanol–water partition coefficient (Wildman–Crippen LogP) is 1.67. The Bertz CT molecular complexity index is 872. The summed E-state index contributed by atoms with van der Waals surface area (Å²) in [7, 11) is 1.32. The Balaban J connectivity index is 2.19. The lowest BCUT2D eigenvalue weighted by Crippen LogP contribution is -2.47. The van der Waals surface area contributed by atoms with Crippen LogP contribution in [-0.4, -0.2) is 40.9 Å². The van der Waals surface area contributed by atoms with Crippen LogP contribution in [0.1, 0.15) is 18.4 Å². The second-order valence-corrected chi connectivity index (χ2v) is 5.90. The van der Waals surface area contributed by atoms with Gasteiger partial charge in [0, 0.05) is 19.9 Å². The highest BCUT2D eigenvalue weighted by Gasteiger charge is 2.24. The molecule has 0 saturated heterocycles. The second kappa shape index (κ2) is 8.62. The number of carbonyl (C=O) groups excluding carboxylic acids is 2. The highest BCUT2D eigenvalue weighted by molar-refractivity contribution is 5.90. The smallest absolute Gasteiger partial charge is 0.303 e. The van der Waals surface area contributed by atoms with Gasteiger partial charge in [-0.15, -0.1) is 0 Å². The topological polar surface area (TPSA) is 111 Å². The number of fused-ring (bicyclic) bond motifs is 1. The standard InChI is InChI=1S/C19H19N3O4/c1-22(12-20)19(26)16(21-17(23)8-9-18(24)25)11-13-6-7-14-4-2-3-5-15(14)10-13/h2-7,10,16H,8-9,11H2,1H3,(H,21,23)(H,24,25). The van der Waals surface area contributed by atoms with Crippen molar-refractivity contribution in [2.75, 3.05) is 7.05 Å². The molecule has 26 heavy (non-hydrogen) atoms. The molecule has 2 aromatic carbocycles. The van der Waals surface area contributed by atoms with E-state index in [0.717, 1.165) is 21.2 Å². The summed E-state index contributed by atoms with van der Waals surface area (Å²) in [6, 6.07) is 12.5. The summed E-state index contributed by atoms with van der Waals surface area (Å²) >= 11 is 0. The van der Waals surface area contributed by atoms with Gasteiger partial charge in [0.25, 0.3) is 5.91 Å². The van der Waals surface area contributed by atoms with Crippen LogP contribution in [0.15, 0.2) is 42.5 Å². The van der Waals surface area contributed by atoms with Crippen molar-refractivity contribution < 1.29 is 19.5 Å². The van der Waals surface area contributed by atoms with Gasteiger partial charge in [0.05, 0.1) is 6.42 Å². The number of carbonyl (C=O) groups is 3. The molecule has 0 aromatic heterocycles. The molecule has 7 nitrogen and oxygen atoms in total. The second-order valence-electron chi connectivity index (χ2n) is 5.90. The van der Waals surface area contributed by atoms with Crippen molar-refractivity contribution in [2.24, 2.45) is 0 Å². The molecule has 0 saturated carbocycles. The van der Waals surface area contributed by atoms with Crippen LogP contribution in [0, 0.1) is 11.5 Å². The Kier molecular flexibility index (Phi) is 6.28. The van der Waals surface area contributed by atoms with Crippen molar-refractivity contribution in [2.45, 2.75) is 25.3 Å². The van der Waals surface area contributed by atoms with Gasteiger partial charge in [-0.25, -0.2) is 0 Å². The number of hydrogen-bond donors (Lipinski definition) is 2. The Hall–Kier alpha value is -3.40. The molecule has 2 rings (SSSR count). The molecule has 0 bridgehead atoms. The quantitative estimate of drug-likeness (QED) is 0.581. The maximum Gasteiger partial charge on any atom is 0.303 e. The van der Waals surface area contributed by atoms with Crippen LogP contribution in [0.4, 0.5) is 0 Å². The molecule has 0 aliphatic heterocycles. The van der Waals surface area contributed by atoms with Gasteiger partial charge in [-0.2, -0.15) is 5.26 Å². The molecule has 2 aromatic rings. The molecule has 2 N–H and O–H groups in total. The van der Waals surface area contributed by atoms with Gasteiger partial charge in [-0.05, 0) is 16.3 Å². The van der Waals surface area contributed by atoms with Gasteiger partial charge < -0.3 is 10.4 Å². The van der Waals surface area contributed by atoms with Crippen molar-refractivity contribution in [3.05, 3.63) is 48.0 Å². The molecule has 0 aliphatic carbocycles. The molecule has 1 atom stereocenters. The van der Waals surface area contributed by atoms with Gasteiger partial charge in [0.2, 0.25) is 5.91 Å². The summed E-state index contributed by atoms with van der Waals surface area (Å²) in [5.41, 5.74) is 0.826. The molecule has 0 spiro atoms. The molecule has 0 aliphatic rings. The summed E-state index contributed by atoms with van der Waals surface area (Å²) in [5, 5.41) is 22.2. The zero-order chi connectivity index (χ0) is 19.1. The van der Waals surface area contributed by atoms with Crippen molar-refractivity contribution in [1.29, 1.82) is 5.26 Å². The van der Waals surface area contributed by atoms with Crippen LogP contribution in [-0.2, 0) is 20.8 Å². The van der Waals surface area contributed by atoms with Crippen LogP contribution in [0.5, 0.6) is 0 Å². The van der Waals surface area contributed by atoms with Gasteiger partial charge in [-0.1, -0.05) is 42.5 Å². The number of carboxylic acids is 1. The monoisotopic (exact) mass is 353 g/mol. The lowest BCUT2D eigenvalue weighted by molar-refractivity contribution is -0.139. The number of amides is 2. The van der Waals surface area contributed by atoms with E-state index in [0.29, 0.717) is 0 Å². The lowest BCUT2D eigenvalue weighted by atomic mass is 10.0. The normalized spacial score (nSPS) is 11.4. The first kappa shape index (κ1) is 18.9. The van der Waals surface area contributed by atoms with Crippen molar-refractivity contribution in [3.8, 4) is 6.19 Å². The van der Waals surface area contributed by atoms with Crippen LogP contribution in [0.25, 0.3) is 10.8 Å². The number of aliphatic carboxylic acids is 1. The predicted molar refractivity (Wildman–Crippen MR) is 94.8 cm³/mol. The first-order valence-corrected chi connectivity index (χ1v) is 8.07. The van der Waals surface area contributed by atoms with E-state index in [2.05, 4.69) is 5.32 Å². The number of nitriles is 1. The average molecular weight is 353 g/mol. The third kappa shape index (κ3) is 5.05. The van der Waals surface area contributed by atoms with E-state index in [4.69, 9.17) is 10.4 Å². The van der Waals surface area contributed by atoms with Gasteiger partial charge in [0.1, 0.15) is 6.04 Å². The van der Waals surface area contributed by atoms with E-state index in [-0.39, 0.29) is 19.3 Å². The molecular weight excluding hydrogens is 334 g/mol. The molecule has 7 heteroatoms. The lowest BCUT2D eigenvalue weighted by Gasteiger charge is -2.20. The van der Waals surface area contributed by atoms with Crippen molar-refractivity contribution in [1.82, 2.24) is 10.2 Å². The maximum absolute atomic E-state index is 12.4. The first-order chi connectivity index (χ1) is 12.4. The zero-order valence-electron chi connectivity index (χ0n) is 14.3. The molecule has 1 unspecified atom stereocenters. The number of nitrogens with zero attached hydrogens (tertiary/aromatic N) is 2. The van der Waals surface area contributed by atoms with Crippen LogP contribution >= 0.6 is 0 Å². The molecular formula is C19H19N3O4. The summed E-state index contributed by atoms with van der Waals surface area (Å²) in [5.74, 6) is -2.19. The Morgan fingerprint density at radius 2 is 1.85 bits per heavy atom. The summed E-state index contributed by atoms with van der Waals surface area (Å²) in [6.07, 6.45) is 1.37. The van der Waals surface area contributed by atoms with Gasteiger partial charge in [0.15, 0.2) is 6.19 Å². The highest BCUT2D eigenvalue weighted by atomic mass is 16.4. The van der Waals surface area contributed by atoms with Crippen molar-refractivity contribution in [3.63, 3.8) is 0 Å². The van der Waals surface area contributed by atoms with E-state index in [1.165, 1.54) is 7.05 Å². The van der Waals surface area contributed by atoms with E-state index in [1.807, 2.05) is 42.5 Å². The fourth-order valence-corrected chi connectivity index (χ4v) is 2.57. The molecule has 0 radical (unpaired) electrons. The minimum Gasteiger partial charge on any atom is -0.481 e. The van der Waals surface area contributed by atoms with E-state index in [1.54, 1.807) is 6.19 Å². The third-order valence-electron chi connectivity index (χ3n) is 3.93. The van der Waals surface area contributed by atoms with Gasteiger partial charge in [-0.3, -0.25) is 19.3 Å². The van der Waals surface area contributed by atoms with E-state index in [9.17, 15) is 14.4 Å². The fraction of sp³-hybridized carbons (Fsp3) is 0.263. The third-order valence-corrected chi connectivity index (χ3v) is 3.93. The Labute approximate surface area is 150 Å². The largest absolute Gasteiger partial charge is 0.481 e. The SMILES string of the molecule is CN(C#N)C(=O)C(Cc1ccc2ccccc2c1)NC(=O)CCC(=O)O. The van der Waals surface area contributed by atoms with E-state index < -0.39 is 23.8 Å². The minimum atomic E-state index is -1.09. The number of benzene rings is 2. The Morgan fingerprint density at radius 3 is 2.50 bits per heavy atom. The number of carboxylic acid groups (broad SMARTS) is 1. The zero-order valence-corrected chi connectivity index (χ0v) is 14.3. The number of rotatable bonds is 7. The average Bonchev–Trinajstić information content (AvgIpc) is 2.64. The summed E-state index contributed by atoms with van der Waals surface area (Å²) < 4.78 is 0. The minimum absolute atomic E-state index is 0.203. The van der Waals surface area contributed by atoms with E-state index >= 15 is 0 Å². The highest BCUT2D eigenvalue weighted by Crippen LogP contribution is 2.17. The molecule has 0 heterocycles. The molecule has 0 fully saturated rings. The molecule has 134 valence electrons. The van der Waals surface area contributed by atoms with Gasteiger partial charge >= 0.3 is 5.97 Å². The van der Waals surface area contributed by atoms with Crippen molar-refractivity contribution >= 4 is 28.6 Å². The van der Waals surface area contributed by atoms with Crippen LogP contribution in [0.3, 0.4) is 0 Å². The Morgan fingerprint density at radius 1 is 1.15 bits per heavy atom. The van der Waals surface area contributed by atoms with Crippen LogP contribution in [0.2, 0.25) is 0 Å². The molecule has 2 amide bonds. The number of likely N-dealkylation sites (N-methyl/N-ethyl adjacent to an activating group) is 1. The maximum atomic E-state index is 12.4. The summed E-state index contributed by atoms with van der Waals surface area (Å²) in [4.78, 5) is 35.8. The van der Waals surface area contributed by atoms with Crippen LogP contribution < -0.4 is 5.32 Å². The fourth-order valence-electron chi connectivity index (χ4n) is 2.57.